The van der Waals surface area contributed by atoms with Gasteiger partial charge in [0.25, 0.3) is 0 Å². The molecule has 0 aliphatic heterocycles. The summed E-state index contributed by atoms with van der Waals surface area (Å²) in [5, 5.41) is 2.55. The number of carbonyl (C=O) groups is 2. The van der Waals surface area contributed by atoms with Gasteiger partial charge in [0, 0.05) is 20.1 Å². The standard InChI is InChI=1S/C16H25N3O2/c1-3-9-19(12-15(20)18-2)16(21)14(11-17)10-13-7-5-4-6-8-13/h4-8,14H,3,9-12,17H2,1-2H3,(H,18,20). The summed E-state index contributed by atoms with van der Waals surface area (Å²) in [6.07, 6.45) is 1.41. The Hall–Kier alpha value is -1.88. The number of nitrogens with zero attached hydrogens (tertiary/aromatic N) is 1. The highest BCUT2D eigenvalue weighted by atomic mass is 16.2. The van der Waals surface area contributed by atoms with Crippen LogP contribution in [0.25, 0.3) is 0 Å². The number of amides is 2. The molecular formula is C16H25N3O2. The second kappa shape index (κ2) is 9.13. The molecule has 5 nitrogen and oxygen atoms in total. The zero-order valence-electron chi connectivity index (χ0n) is 12.8. The Kier molecular flexibility index (Phi) is 7.46. The van der Waals surface area contributed by atoms with Crippen molar-refractivity contribution in [2.24, 2.45) is 11.7 Å². The van der Waals surface area contributed by atoms with Gasteiger partial charge in [0.2, 0.25) is 11.8 Å². The molecule has 116 valence electrons. The van der Waals surface area contributed by atoms with E-state index in [1.54, 1.807) is 11.9 Å². The predicted molar refractivity (Wildman–Crippen MR) is 83.6 cm³/mol. The third-order valence-electron chi connectivity index (χ3n) is 3.38. The molecule has 1 unspecified atom stereocenters. The summed E-state index contributed by atoms with van der Waals surface area (Å²) < 4.78 is 0. The topological polar surface area (TPSA) is 75.4 Å². The zero-order chi connectivity index (χ0) is 15.7. The van der Waals surface area contributed by atoms with E-state index in [4.69, 9.17) is 5.73 Å². The van der Waals surface area contributed by atoms with Crippen molar-refractivity contribution in [3.63, 3.8) is 0 Å². The summed E-state index contributed by atoms with van der Waals surface area (Å²) in [5.41, 5.74) is 6.85. The molecule has 0 aromatic heterocycles. The first kappa shape index (κ1) is 17.2. The van der Waals surface area contributed by atoms with Crippen LogP contribution in [0.3, 0.4) is 0 Å². The number of nitrogens with two attached hydrogens (primary N) is 1. The molecule has 21 heavy (non-hydrogen) atoms. The highest BCUT2D eigenvalue weighted by molar-refractivity contribution is 5.86. The van der Waals surface area contributed by atoms with E-state index in [2.05, 4.69) is 5.32 Å². The van der Waals surface area contributed by atoms with Gasteiger partial charge in [-0.2, -0.15) is 0 Å². The van der Waals surface area contributed by atoms with Gasteiger partial charge in [0.15, 0.2) is 0 Å². The van der Waals surface area contributed by atoms with Crippen LogP contribution in [-0.2, 0) is 16.0 Å². The smallest absolute Gasteiger partial charge is 0.239 e. The van der Waals surface area contributed by atoms with Crippen molar-refractivity contribution in [2.75, 3.05) is 26.7 Å². The van der Waals surface area contributed by atoms with E-state index < -0.39 is 0 Å². The molecule has 0 aliphatic carbocycles. The maximum absolute atomic E-state index is 12.6. The quantitative estimate of drug-likeness (QED) is 0.743. The Labute approximate surface area is 126 Å². The first-order valence-electron chi connectivity index (χ1n) is 7.35. The molecule has 1 aromatic rings. The van der Waals surface area contributed by atoms with Gasteiger partial charge in [0.05, 0.1) is 12.5 Å². The lowest BCUT2D eigenvalue weighted by molar-refractivity contribution is -0.139. The minimum atomic E-state index is -0.288. The van der Waals surface area contributed by atoms with E-state index in [1.807, 2.05) is 37.3 Å². The maximum Gasteiger partial charge on any atom is 0.239 e. The molecule has 0 saturated carbocycles. The van der Waals surface area contributed by atoms with Crippen molar-refractivity contribution in [3.05, 3.63) is 35.9 Å². The van der Waals surface area contributed by atoms with Crippen LogP contribution in [0.15, 0.2) is 30.3 Å². The monoisotopic (exact) mass is 291 g/mol. The average molecular weight is 291 g/mol. The Morgan fingerprint density at radius 1 is 1.29 bits per heavy atom. The van der Waals surface area contributed by atoms with Crippen LogP contribution in [0.2, 0.25) is 0 Å². The minimum Gasteiger partial charge on any atom is -0.358 e. The molecule has 0 saturated heterocycles. The van der Waals surface area contributed by atoms with Gasteiger partial charge < -0.3 is 16.0 Å². The van der Waals surface area contributed by atoms with E-state index in [-0.39, 0.29) is 30.8 Å². The normalized spacial score (nSPS) is 11.8. The van der Waals surface area contributed by atoms with Gasteiger partial charge >= 0.3 is 0 Å². The van der Waals surface area contributed by atoms with Gasteiger partial charge in [-0.15, -0.1) is 0 Å². The van der Waals surface area contributed by atoms with Crippen LogP contribution in [0, 0.1) is 5.92 Å². The molecule has 0 spiro atoms. The Balaban J connectivity index is 2.75. The lowest BCUT2D eigenvalue weighted by atomic mass is 9.98. The number of likely N-dealkylation sites (N-methyl/N-ethyl adjacent to an activating group) is 1. The fourth-order valence-corrected chi connectivity index (χ4v) is 2.22. The first-order chi connectivity index (χ1) is 10.1. The number of rotatable bonds is 8. The predicted octanol–water partition coefficient (Wildman–Crippen LogP) is 0.789. The van der Waals surface area contributed by atoms with E-state index in [1.165, 1.54) is 0 Å². The van der Waals surface area contributed by atoms with Gasteiger partial charge in [-0.05, 0) is 18.4 Å². The third kappa shape index (κ3) is 5.55. The van der Waals surface area contributed by atoms with Gasteiger partial charge in [0.1, 0.15) is 0 Å². The van der Waals surface area contributed by atoms with Crippen molar-refractivity contribution in [1.82, 2.24) is 10.2 Å². The summed E-state index contributed by atoms with van der Waals surface area (Å²) >= 11 is 0. The summed E-state index contributed by atoms with van der Waals surface area (Å²) in [5.74, 6) is -0.498. The van der Waals surface area contributed by atoms with Crippen LogP contribution in [0.1, 0.15) is 18.9 Å². The van der Waals surface area contributed by atoms with Gasteiger partial charge in [-0.25, -0.2) is 0 Å². The van der Waals surface area contributed by atoms with Crippen molar-refractivity contribution in [3.8, 4) is 0 Å². The van der Waals surface area contributed by atoms with Crippen molar-refractivity contribution >= 4 is 11.8 Å². The summed E-state index contributed by atoms with van der Waals surface area (Å²) in [4.78, 5) is 25.7. The van der Waals surface area contributed by atoms with Crippen molar-refractivity contribution in [1.29, 1.82) is 0 Å². The van der Waals surface area contributed by atoms with E-state index in [0.717, 1.165) is 12.0 Å². The molecule has 0 bridgehead atoms. The van der Waals surface area contributed by atoms with Crippen molar-refractivity contribution in [2.45, 2.75) is 19.8 Å². The van der Waals surface area contributed by atoms with Crippen molar-refractivity contribution < 1.29 is 9.59 Å². The molecule has 2 amide bonds. The summed E-state index contributed by atoms with van der Waals surface area (Å²) in [7, 11) is 1.57. The highest BCUT2D eigenvalue weighted by Crippen LogP contribution is 2.11. The van der Waals surface area contributed by atoms with Gasteiger partial charge in [-0.1, -0.05) is 37.3 Å². The summed E-state index contributed by atoms with van der Waals surface area (Å²) in [6.45, 7) is 2.92. The fraction of sp³-hybridized carbons (Fsp3) is 0.500. The lowest BCUT2D eigenvalue weighted by Crippen LogP contribution is -2.45. The number of hydrogen-bond donors (Lipinski definition) is 2. The molecule has 3 N–H and O–H groups in total. The Morgan fingerprint density at radius 3 is 2.48 bits per heavy atom. The number of nitrogens with one attached hydrogen (secondary N) is 1. The molecule has 1 atom stereocenters. The van der Waals surface area contributed by atoms with E-state index >= 15 is 0 Å². The SMILES string of the molecule is CCCN(CC(=O)NC)C(=O)C(CN)Cc1ccccc1. The van der Waals surface area contributed by atoms with Crippen LogP contribution in [0.4, 0.5) is 0 Å². The molecule has 5 heteroatoms. The minimum absolute atomic E-state index is 0.0493. The third-order valence-corrected chi connectivity index (χ3v) is 3.38. The molecule has 0 radical (unpaired) electrons. The number of carbonyl (C=O) groups excluding carboxylic acids is 2. The van der Waals surface area contributed by atoms with Gasteiger partial charge in [-0.3, -0.25) is 9.59 Å². The highest BCUT2D eigenvalue weighted by Gasteiger charge is 2.24. The molecule has 0 heterocycles. The molecule has 1 rings (SSSR count). The second-order valence-electron chi connectivity index (χ2n) is 5.06. The molecule has 0 aliphatic rings. The van der Waals surface area contributed by atoms with Crippen LogP contribution >= 0.6 is 0 Å². The molecule has 1 aromatic carbocycles. The number of hydrogen-bond acceptors (Lipinski definition) is 3. The average Bonchev–Trinajstić information content (AvgIpc) is 2.52. The van der Waals surface area contributed by atoms with Crippen LogP contribution in [0.5, 0.6) is 0 Å². The number of benzene rings is 1. The molecule has 0 fully saturated rings. The first-order valence-corrected chi connectivity index (χ1v) is 7.35. The van der Waals surface area contributed by atoms with E-state index in [9.17, 15) is 9.59 Å². The Bertz CT molecular complexity index is 448. The fourth-order valence-electron chi connectivity index (χ4n) is 2.22. The van der Waals surface area contributed by atoms with Crippen LogP contribution in [-0.4, -0.2) is 43.4 Å². The molecular weight excluding hydrogens is 266 g/mol. The summed E-state index contributed by atoms with van der Waals surface area (Å²) in [6, 6.07) is 9.80. The second-order valence-corrected chi connectivity index (χ2v) is 5.06. The van der Waals surface area contributed by atoms with E-state index in [0.29, 0.717) is 13.0 Å². The Morgan fingerprint density at radius 2 is 1.95 bits per heavy atom. The largest absolute Gasteiger partial charge is 0.358 e. The van der Waals surface area contributed by atoms with Crippen LogP contribution < -0.4 is 11.1 Å². The lowest BCUT2D eigenvalue weighted by Gasteiger charge is -2.26. The maximum atomic E-state index is 12.6. The zero-order valence-corrected chi connectivity index (χ0v) is 12.8.